The molecule has 2 amide bonds. The summed E-state index contributed by atoms with van der Waals surface area (Å²) in [6.45, 7) is 6.97. The highest BCUT2D eigenvalue weighted by molar-refractivity contribution is 5.91. The van der Waals surface area contributed by atoms with Crippen LogP contribution in [0.4, 0.5) is 0 Å². The Morgan fingerprint density at radius 2 is 1.94 bits per heavy atom. The lowest BCUT2D eigenvalue weighted by molar-refractivity contribution is -0.134. The minimum atomic E-state index is -0.286. The van der Waals surface area contributed by atoms with Crippen molar-refractivity contribution in [3.8, 4) is 5.75 Å². The maximum absolute atomic E-state index is 13.2. The quantitative estimate of drug-likeness (QED) is 0.472. The summed E-state index contributed by atoms with van der Waals surface area (Å²) in [4.78, 5) is 27.3. The van der Waals surface area contributed by atoms with Crippen LogP contribution in [0, 0.1) is 12.8 Å². The molecule has 1 aliphatic carbocycles. The van der Waals surface area contributed by atoms with Gasteiger partial charge in [0.25, 0.3) is 5.91 Å². The Morgan fingerprint density at radius 3 is 2.69 bits per heavy atom. The smallest absolute Gasteiger partial charge is 0.287 e. The molecule has 0 unspecified atom stereocenters. The first-order valence-corrected chi connectivity index (χ1v) is 12.1. The lowest BCUT2D eigenvalue weighted by atomic mass is 9.87. The van der Waals surface area contributed by atoms with E-state index in [1.54, 1.807) is 18.2 Å². The summed E-state index contributed by atoms with van der Waals surface area (Å²) in [6, 6.07) is 17.8. The molecule has 1 fully saturated rings. The number of fused-ring (bicyclic) bond motifs is 1. The Kier molecular flexibility index (Phi) is 6.45. The maximum Gasteiger partial charge on any atom is 0.287 e. The number of nitrogens with zero attached hydrogens (tertiary/aromatic N) is 1. The minimum Gasteiger partial charge on any atom is -0.486 e. The highest BCUT2D eigenvalue weighted by Gasteiger charge is 2.39. The third kappa shape index (κ3) is 5.02. The zero-order valence-corrected chi connectivity index (χ0v) is 20.0. The summed E-state index contributed by atoms with van der Waals surface area (Å²) in [5.41, 5.74) is 4.65. The van der Waals surface area contributed by atoms with Gasteiger partial charge in [-0.25, -0.2) is 0 Å². The van der Waals surface area contributed by atoms with Gasteiger partial charge in [0.1, 0.15) is 18.1 Å². The molecule has 2 aliphatic rings. The van der Waals surface area contributed by atoms with Gasteiger partial charge < -0.3 is 19.4 Å². The summed E-state index contributed by atoms with van der Waals surface area (Å²) >= 11 is 0. The number of carbonyl (C=O) groups excluding carboxylic acids is 2. The standard InChI is InChI=1S/C29H30N2O4/c1-3-15-30-28(32)26-13-12-24(35-26)18-34-23-11-10-20-14-16-31(29(33)22-8-9-22)27(25(20)17-23)21-6-4-19(2)5-7-21/h3-7,10-13,17,22,27H,1,8-9,14-16,18H2,2H3,(H,30,32)/t27-/m1/s1. The summed E-state index contributed by atoms with van der Waals surface area (Å²) in [7, 11) is 0. The van der Waals surface area contributed by atoms with Crippen molar-refractivity contribution in [3.63, 3.8) is 0 Å². The van der Waals surface area contributed by atoms with Crippen molar-refractivity contribution in [3.05, 3.63) is 101 Å². The van der Waals surface area contributed by atoms with Crippen molar-refractivity contribution in [2.24, 2.45) is 5.92 Å². The summed E-state index contributed by atoms with van der Waals surface area (Å²) in [5, 5.41) is 2.70. The SMILES string of the molecule is C=CCNC(=O)c1ccc(COc2ccc3c(c2)[C@@H](c2ccc(C)cc2)N(C(=O)C2CC2)CC3)o1. The van der Waals surface area contributed by atoms with Crippen LogP contribution in [-0.2, 0) is 17.8 Å². The van der Waals surface area contributed by atoms with Crippen LogP contribution in [0.25, 0.3) is 0 Å². The maximum atomic E-state index is 13.2. The second-order valence-electron chi connectivity index (χ2n) is 9.28. The molecule has 6 heteroatoms. The van der Waals surface area contributed by atoms with Crippen LogP contribution in [0.15, 0.2) is 71.7 Å². The molecule has 0 bridgehead atoms. The molecule has 0 saturated heterocycles. The first-order valence-electron chi connectivity index (χ1n) is 12.1. The van der Waals surface area contributed by atoms with Crippen LogP contribution >= 0.6 is 0 Å². The molecule has 1 N–H and O–H groups in total. The first kappa shape index (κ1) is 23.0. The number of rotatable bonds is 8. The van der Waals surface area contributed by atoms with E-state index in [-0.39, 0.29) is 36.1 Å². The molecule has 2 heterocycles. The Bertz CT molecular complexity index is 1240. The zero-order chi connectivity index (χ0) is 24.4. The molecule has 3 aromatic rings. The number of amides is 2. The van der Waals surface area contributed by atoms with E-state index in [0.717, 1.165) is 36.9 Å². The topological polar surface area (TPSA) is 71.8 Å². The average molecular weight is 471 g/mol. The zero-order valence-electron chi connectivity index (χ0n) is 20.0. The fourth-order valence-electron chi connectivity index (χ4n) is 4.58. The molecular weight excluding hydrogens is 440 g/mol. The van der Waals surface area contributed by atoms with E-state index in [1.807, 2.05) is 12.1 Å². The predicted octanol–water partition coefficient (Wildman–Crippen LogP) is 4.97. The molecule has 1 saturated carbocycles. The monoisotopic (exact) mass is 470 g/mol. The molecule has 1 aromatic heterocycles. The molecule has 1 atom stereocenters. The third-order valence-corrected chi connectivity index (χ3v) is 6.62. The number of ether oxygens (including phenoxy) is 1. The minimum absolute atomic E-state index is 0.125. The van der Waals surface area contributed by atoms with Gasteiger partial charge in [-0.2, -0.15) is 0 Å². The largest absolute Gasteiger partial charge is 0.486 e. The van der Waals surface area contributed by atoms with E-state index in [0.29, 0.717) is 18.1 Å². The second kappa shape index (κ2) is 9.82. The fraction of sp³-hybridized carbons (Fsp3) is 0.310. The van der Waals surface area contributed by atoms with Crippen molar-refractivity contribution >= 4 is 11.8 Å². The van der Waals surface area contributed by atoms with E-state index in [1.165, 1.54) is 11.1 Å². The van der Waals surface area contributed by atoms with Crippen LogP contribution in [0.3, 0.4) is 0 Å². The molecule has 0 radical (unpaired) electrons. The van der Waals surface area contributed by atoms with E-state index in [4.69, 9.17) is 9.15 Å². The molecule has 1 aliphatic heterocycles. The number of furan rings is 1. The van der Waals surface area contributed by atoms with Crippen molar-refractivity contribution in [1.29, 1.82) is 0 Å². The molecule has 35 heavy (non-hydrogen) atoms. The number of carbonyl (C=O) groups is 2. The highest BCUT2D eigenvalue weighted by Crippen LogP contribution is 2.41. The molecule has 0 spiro atoms. The van der Waals surface area contributed by atoms with Gasteiger partial charge in [0.05, 0.1) is 6.04 Å². The Hall–Kier alpha value is -3.80. The van der Waals surface area contributed by atoms with Crippen molar-refractivity contribution < 1.29 is 18.7 Å². The third-order valence-electron chi connectivity index (χ3n) is 6.62. The van der Waals surface area contributed by atoms with E-state index in [2.05, 4.69) is 54.1 Å². The van der Waals surface area contributed by atoms with Gasteiger partial charge in [-0.3, -0.25) is 9.59 Å². The normalized spacial score (nSPS) is 16.9. The Balaban J connectivity index is 1.37. The van der Waals surface area contributed by atoms with Crippen LogP contribution in [-0.4, -0.2) is 29.8 Å². The van der Waals surface area contributed by atoms with Gasteiger partial charge in [-0.15, -0.1) is 6.58 Å². The van der Waals surface area contributed by atoms with Crippen molar-refractivity contribution in [2.45, 2.75) is 38.8 Å². The van der Waals surface area contributed by atoms with Crippen molar-refractivity contribution in [2.75, 3.05) is 13.1 Å². The highest BCUT2D eigenvalue weighted by atomic mass is 16.5. The van der Waals surface area contributed by atoms with E-state index in [9.17, 15) is 9.59 Å². The summed E-state index contributed by atoms with van der Waals surface area (Å²) in [6.07, 6.45) is 4.42. The number of aryl methyl sites for hydroxylation is 1. The molecular formula is C29H30N2O4. The van der Waals surface area contributed by atoms with Gasteiger partial charge in [-0.05, 0) is 67.1 Å². The van der Waals surface area contributed by atoms with Crippen LogP contribution in [0.5, 0.6) is 5.75 Å². The van der Waals surface area contributed by atoms with Gasteiger partial charge in [-0.1, -0.05) is 42.0 Å². The number of hydrogen-bond acceptors (Lipinski definition) is 4. The second-order valence-corrected chi connectivity index (χ2v) is 9.28. The molecule has 5 rings (SSSR count). The van der Waals surface area contributed by atoms with Crippen molar-refractivity contribution in [1.82, 2.24) is 10.2 Å². The van der Waals surface area contributed by atoms with Crippen LogP contribution in [0.1, 0.15) is 57.5 Å². The lowest BCUT2D eigenvalue weighted by Gasteiger charge is -2.38. The van der Waals surface area contributed by atoms with Crippen LogP contribution < -0.4 is 10.1 Å². The lowest BCUT2D eigenvalue weighted by Crippen LogP contribution is -2.41. The fourth-order valence-corrected chi connectivity index (χ4v) is 4.58. The molecule has 180 valence electrons. The number of benzene rings is 2. The predicted molar refractivity (Wildman–Crippen MR) is 133 cm³/mol. The Labute approximate surface area is 205 Å². The average Bonchev–Trinajstić information content (AvgIpc) is 3.62. The summed E-state index contributed by atoms with van der Waals surface area (Å²) < 4.78 is 11.7. The number of hydrogen-bond donors (Lipinski definition) is 1. The first-order chi connectivity index (χ1) is 17.0. The van der Waals surface area contributed by atoms with Crippen LogP contribution in [0.2, 0.25) is 0 Å². The molecule has 2 aromatic carbocycles. The Morgan fingerprint density at radius 1 is 1.14 bits per heavy atom. The van der Waals surface area contributed by atoms with Gasteiger partial charge >= 0.3 is 0 Å². The van der Waals surface area contributed by atoms with Gasteiger partial charge in [0, 0.05) is 19.0 Å². The van der Waals surface area contributed by atoms with Gasteiger partial charge in [0.2, 0.25) is 5.91 Å². The summed E-state index contributed by atoms with van der Waals surface area (Å²) in [5.74, 6) is 1.64. The van der Waals surface area contributed by atoms with E-state index >= 15 is 0 Å². The number of nitrogens with one attached hydrogen (secondary N) is 1. The van der Waals surface area contributed by atoms with Gasteiger partial charge in [0.15, 0.2) is 5.76 Å². The van der Waals surface area contributed by atoms with E-state index < -0.39 is 0 Å². The molecule has 6 nitrogen and oxygen atoms in total.